The summed E-state index contributed by atoms with van der Waals surface area (Å²) in [7, 11) is 0. The molecule has 29 heavy (non-hydrogen) atoms. The maximum atomic E-state index is 14.4. The monoisotopic (exact) mass is 398 g/mol. The molecule has 2 aliphatic rings. The summed E-state index contributed by atoms with van der Waals surface area (Å²) >= 11 is 0. The maximum Gasteiger partial charge on any atom is 0.234 e. The normalized spacial score (nSPS) is 24.8. The topological polar surface area (TPSA) is 61.8 Å². The standard InChI is InChI=1S/C23H27FN2O3/c24-20-7-3-2-6-19(20)22-14-26(13-16-5-1-4-8-21(16)29-22)15-23(28)25-17-9-11-18(27)12-10-17/h1-8,17-18,22,27H,9-15H2,(H,25,28). The minimum absolute atomic E-state index is 0.0435. The van der Waals surface area contributed by atoms with E-state index in [1.54, 1.807) is 18.2 Å². The van der Waals surface area contributed by atoms with Gasteiger partial charge in [-0.15, -0.1) is 0 Å². The Morgan fingerprint density at radius 3 is 2.62 bits per heavy atom. The van der Waals surface area contributed by atoms with Crippen molar-refractivity contribution < 1.29 is 19.0 Å². The first-order chi connectivity index (χ1) is 14.1. The highest BCUT2D eigenvalue weighted by Gasteiger charge is 2.28. The third kappa shape index (κ3) is 4.95. The number of benzene rings is 2. The number of ether oxygens (including phenoxy) is 1. The molecular formula is C23H27FN2O3. The van der Waals surface area contributed by atoms with Crippen molar-refractivity contribution in [3.05, 3.63) is 65.5 Å². The number of hydrogen-bond donors (Lipinski definition) is 2. The van der Waals surface area contributed by atoms with E-state index in [9.17, 15) is 14.3 Å². The number of hydrogen-bond acceptors (Lipinski definition) is 4. The van der Waals surface area contributed by atoms with E-state index in [2.05, 4.69) is 5.32 Å². The van der Waals surface area contributed by atoms with Gasteiger partial charge in [0.15, 0.2) is 0 Å². The van der Waals surface area contributed by atoms with Crippen LogP contribution in [-0.2, 0) is 11.3 Å². The number of aliphatic hydroxyl groups excluding tert-OH is 1. The molecule has 1 saturated carbocycles. The number of aliphatic hydroxyl groups is 1. The molecule has 2 N–H and O–H groups in total. The van der Waals surface area contributed by atoms with Crippen molar-refractivity contribution in [3.63, 3.8) is 0 Å². The van der Waals surface area contributed by atoms with Gasteiger partial charge in [0.05, 0.1) is 12.6 Å². The van der Waals surface area contributed by atoms with Gasteiger partial charge < -0.3 is 15.2 Å². The van der Waals surface area contributed by atoms with Gasteiger partial charge in [-0.3, -0.25) is 9.69 Å². The number of para-hydroxylation sites is 1. The van der Waals surface area contributed by atoms with Crippen molar-refractivity contribution in [1.29, 1.82) is 0 Å². The van der Waals surface area contributed by atoms with Gasteiger partial charge in [0.25, 0.3) is 0 Å². The molecule has 0 bridgehead atoms. The number of nitrogens with one attached hydrogen (secondary N) is 1. The number of amides is 1. The van der Waals surface area contributed by atoms with Crippen LogP contribution in [0.15, 0.2) is 48.5 Å². The van der Waals surface area contributed by atoms with Crippen LogP contribution in [-0.4, -0.2) is 41.1 Å². The summed E-state index contributed by atoms with van der Waals surface area (Å²) in [6.07, 6.45) is 2.32. The van der Waals surface area contributed by atoms with Crippen molar-refractivity contribution in [2.45, 2.75) is 50.5 Å². The lowest BCUT2D eigenvalue weighted by molar-refractivity contribution is -0.123. The predicted octanol–water partition coefficient (Wildman–Crippen LogP) is 3.18. The zero-order valence-corrected chi connectivity index (χ0v) is 16.4. The lowest BCUT2D eigenvalue weighted by atomic mass is 9.93. The van der Waals surface area contributed by atoms with Gasteiger partial charge in [-0.25, -0.2) is 4.39 Å². The Bertz CT molecular complexity index is 852. The first kappa shape index (κ1) is 19.9. The third-order valence-electron chi connectivity index (χ3n) is 5.74. The van der Waals surface area contributed by atoms with Crippen LogP contribution in [0, 0.1) is 5.82 Å². The third-order valence-corrected chi connectivity index (χ3v) is 5.74. The number of fused-ring (bicyclic) bond motifs is 1. The average molecular weight is 398 g/mol. The van der Waals surface area contributed by atoms with Crippen LogP contribution < -0.4 is 10.1 Å². The van der Waals surface area contributed by atoms with Gasteiger partial charge in [-0.05, 0) is 37.8 Å². The molecule has 1 atom stereocenters. The van der Waals surface area contributed by atoms with E-state index in [0.29, 0.717) is 18.7 Å². The van der Waals surface area contributed by atoms with Gasteiger partial charge in [0, 0.05) is 30.3 Å². The highest BCUT2D eigenvalue weighted by atomic mass is 19.1. The van der Waals surface area contributed by atoms with Gasteiger partial charge in [0.2, 0.25) is 5.91 Å². The number of carbonyl (C=O) groups is 1. The fourth-order valence-electron chi connectivity index (χ4n) is 4.19. The Kier molecular flexibility index (Phi) is 6.11. The molecule has 5 nitrogen and oxygen atoms in total. The molecule has 1 amide bonds. The van der Waals surface area contributed by atoms with Crippen molar-refractivity contribution >= 4 is 5.91 Å². The molecule has 0 spiro atoms. The molecular weight excluding hydrogens is 371 g/mol. The number of halogens is 1. The lowest BCUT2D eigenvalue weighted by Gasteiger charge is -2.28. The Balaban J connectivity index is 1.48. The summed E-state index contributed by atoms with van der Waals surface area (Å²) < 4.78 is 20.6. The zero-order valence-electron chi connectivity index (χ0n) is 16.4. The van der Waals surface area contributed by atoms with Gasteiger partial charge in [0.1, 0.15) is 17.7 Å². The molecule has 154 valence electrons. The molecule has 1 aliphatic heterocycles. The van der Waals surface area contributed by atoms with Crippen LogP contribution in [0.3, 0.4) is 0 Å². The van der Waals surface area contributed by atoms with E-state index >= 15 is 0 Å². The molecule has 0 radical (unpaired) electrons. The highest BCUT2D eigenvalue weighted by molar-refractivity contribution is 5.78. The van der Waals surface area contributed by atoms with Crippen molar-refractivity contribution in [1.82, 2.24) is 10.2 Å². The van der Waals surface area contributed by atoms with E-state index < -0.39 is 6.10 Å². The number of nitrogens with zero attached hydrogens (tertiary/aromatic N) is 1. The Morgan fingerprint density at radius 2 is 1.83 bits per heavy atom. The minimum Gasteiger partial charge on any atom is -0.484 e. The van der Waals surface area contributed by atoms with Gasteiger partial charge >= 0.3 is 0 Å². The van der Waals surface area contributed by atoms with Crippen molar-refractivity contribution in [2.24, 2.45) is 0 Å². The molecule has 2 aromatic rings. The quantitative estimate of drug-likeness (QED) is 0.831. The molecule has 1 aliphatic carbocycles. The summed E-state index contributed by atoms with van der Waals surface area (Å²) in [4.78, 5) is 14.7. The van der Waals surface area contributed by atoms with Gasteiger partial charge in [-0.2, -0.15) is 0 Å². The fourth-order valence-corrected chi connectivity index (χ4v) is 4.19. The maximum absolute atomic E-state index is 14.4. The SMILES string of the molecule is O=C(CN1Cc2ccccc2OC(c2ccccc2F)C1)NC1CCC(O)CC1. The second kappa shape index (κ2) is 8.93. The van der Waals surface area contributed by atoms with Crippen LogP contribution >= 0.6 is 0 Å². The van der Waals surface area contributed by atoms with Crippen LogP contribution in [0.1, 0.15) is 42.9 Å². The first-order valence-corrected chi connectivity index (χ1v) is 10.3. The van der Waals surface area contributed by atoms with Gasteiger partial charge in [-0.1, -0.05) is 36.4 Å². The Hall–Kier alpha value is -2.44. The average Bonchev–Trinajstić information content (AvgIpc) is 2.89. The molecule has 0 saturated heterocycles. The molecule has 0 aromatic heterocycles. The molecule has 1 fully saturated rings. The van der Waals surface area contributed by atoms with E-state index in [-0.39, 0.29) is 30.4 Å². The Morgan fingerprint density at radius 1 is 1.10 bits per heavy atom. The van der Waals surface area contributed by atoms with Crippen LogP contribution in [0.25, 0.3) is 0 Å². The largest absolute Gasteiger partial charge is 0.484 e. The summed E-state index contributed by atoms with van der Waals surface area (Å²) in [5, 5.41) is 12.7. The Labute approximate surface area is 170 Å². The number of rotatable bonds is 4. The molecule has 1 heterocycles. The van der Waals surface area contributed by atoms with Crippen LogP contribution in [0.2, 0.25) is 0 Å². The van der Waals surface area contributed by atoms with Crippen LogP contribution in [0.5, 0.6) is 5.75 Å². The van der Waals surface area contributed by atoms with E-state index in [4.69, 9.17) is 4.74 Å². The zero-order chi connectivity index (χ0) is 20.2. The second-order valence-corrected chi connectivity index (χ2v) is 7.98. The molecule has 2 aromatic carbocycles. The second-order valence-electron chi connectivity index (χ2n) is 7.98. The molecule has 4 rings (SSSR count). The fraction of sp³-hybridized carbons (Fsp3) is 0.435. The summed E-state index contributed by atoms with van der Waals surface area (Å²) in [5.74, 6) is 0.380. The van der Waals surface area contributed by atoms with E-state index in [1.807, 2.05) is 29.2 Å². The summed E-state index contributed by atoms with van der Waals surface area (Å²) in [6.45, 7) is 1.21. The number of carbonyl (C=O) groups excluding carboxylic acids is 1. The molecule has 1 unspecified atom stereocenters. The van der Waals surface area contributed by atoms with E-state index in [1.165, 1.54) is 6.07 Å². The smallest absolute Gasteiger partial charge is 0.234 e. The first-order valence-electron chi connectivity index (χ1n) is 10.3. The summed E-state index contributed by atoms with van der Waals surface area (Å²) in [5.41, 5.74) is 1.48. The lowest BCUT2D eigenvalue weighted by Crippen LogP contribution is -2.44. The van der Waals surface area contributed by atoms with E-state index in [0.717, 1.165) is 37.0 Å². The van der Waals surface area contributed by atoms with Crippen molar-refractivity contribution in [2.75, 3.05) is 13.1 Å². The van der Waals surface area contributed by atoms with Crippen LogP contribution in [0.4, 0.5) is 4.39 Å². The predicted molar refractivity (Wildman–Crippen MR) is 108 cm³/mol. The minimum atomic E-state index is -0.488. The highest BCUT2D eigenvalue weighted by Crippen LogP contribution is 2.32. The van der Waals surface area contributed by atoms with Crippen molar-refractivity contribution in [3.8, 4) is 5.75 Å². The summed E-state index contributed by atoms with van der Waals surface area (Å²) in [6, 6.07) is 14.5. The molecule has 6 heteroatoms.